The van der Waals surface area contributed by atoms with E-state index in [0.29, 0.717) is 23.1 Å². The summed E-state index contributed by atoms with van der Waals surface area (Å²) in [6.45, 7) is 4.73. The first-order valence-corrected chi connectivity index (χ1v) is 10.2. The molecule has 0 heterocycles. The lowest BCUT2D eigenvalue weighted by Gasteiger charge is -2.29. The van der Waals surface area contributed by atoms with Gasteiger partial charge in [-0.25, -0.2) is 0 Å². The molecular formula is C22H26Cl2N2O2. The van der Waals surface area contributed by atoms with E-state index < -0.39 is 6.04 Å². The predicted octanol–water partition coefficient (Wildman–Crippen LogP) is 4.87. The molecule has 2 aromatic carbocycles. The summed E-state index contributed by atoms with van der Waals surface area (Å²) in [4.78, 5) is 27.2. The standard InChI is InChI=1S/C22H26Cl2N2O2/c1-3-4-11-25-22(28)16(2)26(15-18-8-6-10-20(24)13-18)21(27)14-17-7-5-9-19(23)12-17/h5-10,12-13,16H,3-4,11,14-15H2,1-2H3,(H,25,28). The molecule has 0 spiro atoms. The first kappa shape index (κ1) is 22.3. The molecule has 4 nitrogen and oxygen atoms in total. The van der Waals surface area contributed by atoms with E-state index in [4.69, 9.17) is 23.2 Å². The van der Waals surface area contributed by atoms with Gasteiger partial charge in [-0.15, -0.1) is 0 Å². The highest BCUT2D eigenvalue weighted by Crippen LogP contribution is 2.17. The van der Waals surface area contributed by atoms with Gasteiger partial charge in [0.1, 0.15) is 6.04 Å². The molecule has 0 aliphatic heterocycles. The largest absolute Gasteiger partial charge is 0.354 e. The van der Waals surface area contributed by atoms with Gasteiger partial charge in [-0.05, 0) is 48.7 Å². The van der Waals surface area contributed by atoms with E-state index in [1.165, 1.54) is 0 Å². The van der Waals surface area contributed by atoms with E-state index in [-0.39, 0.29) is 18.2 Å². The lowest BCUT2D eigenvalue weighted by Crippen LogP contribution is -2.48. The summed E-state index contributed by atoms with van der Waals surface area (Å²) < 4.78 is 0. The summed E-state index contributed by atoms with van der Waals surface area (Å²) >= 11 is 12.1. The van der Waals surface area contributed by atoms with Crippen LogP contribution in [0.25, 0.3) is 0 Å². The van der Waals surface area contributed by atoms with Crippen molar-refractivity contribution in [1.82, 2.24) is 10.2 Å². The molecule has 0 aliphatic carbocycles. The van der Waals surface area contributed by atoms with Crippen molar-refractivity contribution in [3.05, 3.63) is 69.7 Å². The molecule has 1 unspecified atom stereocenters. The second-order valence-corrected chi connectivity index (χ2v) is 7.65. The fraction of sp³-hybridized carbons (Fsp3) is 0.364. The Kier molecular flexibility index (Phi) is 8.81. The van der Waals surface area contributed by atoms with Gasteiger partial charge in [-0.3, -0.25) is 9.59 Å². The van der Waals surface area contributed by atoms with Gasteiger partial charge in [-0.2, -0.15) is 0 Å². The van der Waals surface area contributed by atoms with Crippen LogP contribution in [0.1, 0.15) is 37.8 Å². The van der Waals surface area contributed by atoms with Gasteiger partial charge in [0.2, 0.25) is 11.8 Å². The molecule has 150 valence electrons. The third-order valence-electron chi connectivity index (χ3n) is 4.48. The Balaban J connectivity index is 2.18. The smallest absolute Gasteiger partial charge is 0.242 e. The SMILES string of the molecule is CCCCNC(=O)C(C)N(Cc1cccc(Cl)c1)C(=O)Cc1cccc(Cl)c1. The van der Waals surface area contributed by atoms with Crippen LogP contribution in [0.4, 0.5) is 0 Å². The number of amides is 2. The quantitative estimate of drug-likeness (QED) is 0.588. The van der Waals surface area contributed by atoms with Gasteiger partial charge in [-0.1, -0.05) is 60.8 Å². The van der Waals surface area contributed by atoms with E-state index in [1.807, 2.05) is 30.3 Å². The lowest BCUT2D eigenvalue weighted by molar-refractivity contribution is -0.140. The van der Waals surface area contributed by atoms with Crippen LogP contribution < -0.4 is 5.32 Å². The molecular weight excluding hydrogens is 395 g/mol. The van der Waals surface area contributed by atoms with Crippen molar-refractivity contribution in [1.29, 1.82) is 0 Å². The number of halogens is 2. The van der Waals surface area contributed by atoms with Gasteiger partial charge in [0, 0.05) is 23.1 Å². The van der Waals surface area contributed by atoms with Crippen molar-refractivity contribution in [2.24, 2.45) is 0 Å². The van der Waals surface area contributed by atoms with E-state index >= 15 is 0 Å². The summed E-state index contributed by atoms with van der Waals surface area (Å²) in [6.07, 6.45) is 2.07. The second kappa shape index (κ2) is 11.1. The molecule has 1 atom stereocenters. The maximum absolute atomic E-state index is 13.1. The number of carbonyl (C=O) groups is 2. The molecule has 2 amide bonds. The molecule has 0 aliphatic rings. The Morgan fingerprint density at radius 1 is 1.04 bits per heavy atom. The Hall–Kier alpha value is -2.04. The van der Waals surface area contributed by atoms with Crippen LogP contribution in [0.5, 0.6) is 0 Å². The molecule has 0 fully saturated rings. The van der Waals surface area contributed by atoms with Crippen molar-refractivity contribution >= 4 is 35.0 Å². The summed E-state index contributed by atoms with van der Waals surface area (Å²) in [7, 11) is 0. The maximum atomic E-state index is 13.1. The van der Waals surface area contributed by atoms with Crippen molar-refractivity contribution in [2.45, 2.75) is 45.7 Å². The zero-order valence-corrected chi connectivity index (χ0v) is 17.8. The summed E-state index contributed by atoms with van der Waals surface area (Å²) in [5.74, 6) is -0.296. The minimum Gasteiger partial charge on any atom is -0.354 e. The first-order chi connectivity index (χ1) is 13.4. The topological polar surface area (TPSA) is 49.4 Å². The van der Waals surface area contributed by atoms with Crippen LogP contribution in [-0.2, 0) is 22.6 Å². The number of rotatable bonds is 9. The Labute approximate surface area is 176 Å². The summed E-state index contributed by atoms with van der Waals surface area (Å²) in [6, 6.07) is 13.9. The van der Waals surface area contributed by atoms with Crippen molar-refractivity contribution in [3.63, 3.8) is 0 Å². The van der Waals surface area contributed by atoms with E-state index in [1.54, 1.807) is 30.0 Å². The van der Waals surface area contributed by atoms with Crippen molar-refractivity contribution in [2.75, 3.05) is 6.54 Å². The van der Waals surface area contributed by atoms with Gasteiger partial charge in [0.15, 0.2) is 0 Å². The molecule has 0 saturated heterocycles. The first-order valence-electron chi connectivity index (χ1n) is 9.46. The van der Waals surface area contributed by atoms with Crippen LogP contribution in [0.15, 0.2) is 48.5 Å². The normalized spacial score (nSPS) is 11.7. The second-order valence-electron chi connectivity index (χ2n) is 6.78. The summed E-state index contributed by atoms with van der Waals surface area (Å²) in [5.41, 5.74) is 1.69. The highest BCUT2D eigenvalue weighted by Gasteiger charge is 2.26. The lowest BCUT2D eigenvalue weighted by atomic mass is 10.1. The van der Waals surface area contributed by atoms with Crippen molar-refractivity contribution in [3.8, 4) is 0 Å². The molecule has 2 rings (SSSR count). The zero-order chi connectivity index (χ0) is 20.5. The molecule has 0 saturated carbocycles. The van der Waals surface area contributed by atoms with E-state index in [9.17, 15) is 9.59 Å². The third kappa shape index (κ3) is 6.84. The average Bonchev–Trinajstić information content (AvgIpc) is 2.65. The molecule has 0 aromatic heterocycles. The van der Waals surface area contributed by atoms with Gasteiger partial charge >= 0.3 is 0 Å². The molecule has 28 heavy (non-hydrogen) atoms. The molecule has 1 N–H and O–H groups in total. The highest BCUT2D eigenvalue weighted by atomic mass is 35.5. The molecule has 6 heteroatoms. The van der Waals surface area contributed by atoms with Gasteiger partial charge in [0.25, 0.3) is 0 Å². The highest BCUT2D eigenvalue weighted by molar-refractivity contribution is 6.30. The monoisotopic (exact) mass is 420 g/mol. The molecule has 0 radical (unpaired) electrons. The van der Waals surface area contributed by atoms with Gasteiger partial charge in [0.05, 0.1) is 6.42 Å². The number of hydrogen-bond acceptors (Lipinski definition) is 2. The van der Waals surface area contributed by atoms with Crippen LogP contribution >= 0.6 is 23.2 Å². The average molecular weight is 421 g/mol. The van der Waals surface area contributed by atoms with Gasteiger partial charge < -0.3 is 10.2 Å². The minimum absolute atomic E-state index is 0.139. The van der Waals surface area contributed by atoms with Crippen LogP contribution in [0, 0.1) is 0 Å². The fourth-order valence-corrected chi connectivity index (χ4v) is 3.30. The zero-order valence-electron chi connectivity index (χ0n) is 16.3. The predicted molar refractivity (Wildman–Crippen MR) is 115 cm³/mol. The van der Waals surface area contributed by atoms with Crippen molar-refractivity contribution < 1.29 is 9.59 Å². The fourth-order valence-electron chi connectivity index (χ4n) is 2.87. The number of nitrogens with one attached hydrogen (secondary N) is 1. The Morgan fingerprint density at radius 3 is 2.25 bits per heavy atom. The van der Waals surface area contributed by atoms with E-state index in [2.05, 4.69) is 12.2 Å². The minimum atomic E-state index is -0.595. The van der Waals surface area contributed by atoms with E-state index in [0.717, 1.165) is 24.0 Å². The van der Waals surface area contributed by atoms with Crippen LogP contribution in [-0.4, -0.2) is 29.3 Å². The van der Waals surface area contributed by atoms with Crippen LogP contribution in [0.2, 0.25) is 10.0 Å². The number of unbranched alkanes of at least 4 members (excludes halogenated alkanes) is 1. The number of hydrogen-bond donors (Lipinski definition) is 1. The number of nitrogens with zero attached hydrogens (tertiary/aromatic N) is 1. The Bertz CT molecular complexity index is 811. The number of benzene rings is 2. The summed E-state index contributed by atoms with van der Waals surface area (Å²) in [5, 5.41) is 4.09. The maximum Gasteiger partial charge on any atom is 0.242 e. The molecule has 2 aromatic rings. The van der Waals surface area contributed by atoms with Crippen LogP contribution in [0.3, 0.4) is 0 Å². The molecule has 0 bridgehead atoms. The Morgan fingerprint density at radius 2 is 1.64 bits per heavy atom. The number of carbonyl (C=O) groups excluding carboxylic acids is 2. The third-order valence-corrected chi connectivity index (χ3v) is 4.95.